The van der Waals surface area contributed by atoms with Crippen LogP contribution >= 0.6 is 0 Å². The number of aliphatic hydroxyl groups excluding tert-OH is 1. The number of hydrogen-bond acceptors (Lipinski definition) is 3. The van der Waals surface area contributed by atoms with Crippen LogP contribution in [0.5, 0.6) is 5.75 Å². The Bertz CT molecular complexity index is 287. The Morgan fingerprint density at radius 2 is 1.93 bits per heavy atom. The van der Waals surface area contributed by atoms with Gasteiger partial charge in [0.2, 0.25) is 0 Å². The van der Waals surface area contributed by atoms with Crippen LogP contribution in [0.4, 0.5) is 0 Å². The fourth-order valence-corrected chi connectivity index (χ4v) is 1.98. The molecule has 0 heterocycles. The van der Waals surface area contributed by atoms with Crippen LogP contribution in [0, 0.1) is 0 Å². The molecule has 1 atom stereocenters. The van der Waals surface area contributed by atoms with Crippen LogP contribution in [0.2, 0.25) is 0 Å². The van der Waals surface area contributed by atoms with E-state index in [1.165, 1.54) is 0 Å². The average Bonchev–Trinajstić information content (AvgIpc) is 2.26. The lowest BCUT2D eigenvalue weighted by molar-refractivity contribution is 0.315. The summed E-state index contributed by atoms with van der Waals surface area (Å²) in [6, 6.07) is 9.55. The van der Waals surface area contributed by atoms with E-state index >= 15 is 0 Å². The molecule has 0 fully saturated rings. The SMILES string of the molecule is O=S(CCO)CCCOc1ccccc1. The van der Waals surface area contributed by atoms with Crippen LogP contribution in [0.25, 0.3) is 0 Å². The van der Waals surface area contributed by atoms with Gasteiger partial charge in [0, 0.05) is 22.3 Å². The van der Waals surface area contributed by atoms with E-state index in [9.17, 15) is 4.21 Å². The predicted octanol–water partition coefficient (Wildman–Crippen LogP) is 1.20. The average molecular weight is 228 g/mol. The van der Waals surface area contributed by atoms with Gasteiger partial charge in [0.05, 0.1) is 13.2 Å². The van der Waals surface area contributed by atoms with Crippen molar-refractivity contribution in [2.45, 2.75) is 6.42 Å². The minimum Gasteiger partial charge on any atom is -0.494 e. The summed E-state index contributed by atoms with van der Waals surface area (Å²) in [5.74, 6) is 1.80. The summed E-state index contributed by atoms with van der Waals surface area (Å²) in [5.41, 5.74) is 0. The third-order valence-electron chi connectivity index (χ3n) is 1.85. The lowest BCUT2D eigenvalue weighted by Gasteiger charge is -2.05. The first kappa shape index (κ1) is 12.2. The lowest BCUT2D eigenvalue weighted by atomic mass is 10.3. The van der Waals surface area contributed by atoms with Gasteiger partial charge >= 0.3 is 0 Å². The van der Waals surface area contributed by atoms with Crippen molar-refractivity contribution in [2.75, 3.05) is 24.7 Å². The van der Waals surface area contributed by atoms with Gasteiger partial charge in [-0.15, -0.1) is 0 Å². The quantitative estimate of drug-likeness (QED) is 0.713. The molecule has 0 amide bonds. The highest BCUT2D eigenvalue weighted by Gasteiger charge is 1.98. The molecule has 0 radical (unpaired) electrons. The molecule has 3 nitrogen and oxygen atoms in total. The fraction of sp³-hybridized carbons (Fsp3) is 0.455. The molecule has 1 aromatic rings. The highest BCUT2D eigenvalue weighted by atomic mass is 32.2. The van der Waals surface area contributed by atoms with Gasteiger partial charge in [0.25, 0.3) is 0 Å². The van der Waals surface area contributed by atoms with E-state index < -0.39 is 10.8 Å². The topological polar surface area (TPSA) is 46.5 Å². The molecule has 1 N–H and O–H groups in total. The van der Waals surface area contributed by atoms with E-state index in [4.69, 9.17) is 9.84 Å². The van der Waals surface area contributed by atoms with Crippen molar-refractivity contribution in [3.63, 3.8) is 0 Å². The minimum atomic E-state index is -0.908. The molecule has 1 unspecified atom stereocenters. The van der Waals surface area contributed by atoms with E-state index in [1.54, 1.807) is 0 Å². The van der Waals surface area contributed by atoms with Crippen LogP contribution in [-0.4, -0.2) is 34.0 Å². The van der Waals surface area contributed by atoms with Gasteiger partial charge in [-0.25, -0.2) is 0 Å². The Morgan fingerprint density at radius 3 is 2.60 bits per heavy atom. The zero-order valence-electron chi connectivity index (χ0n) is 8.59. The fourth-order valence-electron chi connectivity index (χ4n) is 1.13. The monoisotopic (exact) mass is 228 g/mol. The molecule has 0 aliphatic rings. The molecule has 0 bridgehead atoms. The molecule has 1 aromatic carbocycles. The van der Waals surface area contributed by atoms with Gasteiger partial charge in [-0.05, 0) is 18.6 Å². The van der Waals surface area contributed by atoms with E-state index in [-0.39, 0.29) is 6.61 Å². The maximum absolute atomic E-state index is 11.1. The molecule has 15 heavy (non-hydrogen) atoms. The number of hydrogen-bond donors (Lipinski definition) is 1. The van der Waals surface area contributed by atoms with Crippen molar-refractivity contribution in [1.29, 1.82) is 0 Å². The Hall–Kier alpha value is -0.870. The molecular weight excluding hydrogens is 212 g/mol. The van der Waals surface area contributed by atoms with E-state index in [0.717, 1.165) is 12.2 Å². The summed E-state index contributed by atoms with van der Waals surface area (Å²) < 4.78 is 16.6. The Labute approximate surface area is 92.5 Å². The third kappa shape index (κ3) is 5.54. The van der Waals surface area contributed by atoms with E-state index in [1.807, 2.05) is 30.3 Å². The van der Waals surface area contributed by atoms with Crippen molar-refractivity contribution >= 4 is 10.8 Å². The Balaban J connectivity index is 2.10. The summed E-state index contributed by atoms with van der Waals surface area (Å²) in [6.45, 7) is 0.563. The first-order valence-corrected chi connectivity index (χ1v) is 6.45. The number of aliphatic hydroxyl groups is 1. The Morgan fingerprint density at radius 1 is 1.20 bits per heavy atom. The molecule has 0 saturated carbocycles. The first-order valence-electron chi connectivity index (χ1n) is 4.96. The lowest BCUT2D eigenvalue weighted by Crippen LogP contribution is -2.09. The van der Waals surface area contributed by atoms with Crippen molar-refractivity contribution in [1.82, 2.24) is 0 Å². The van der Waals surface area contributed by atoms with Crippen LogP contribution in [0.1, 0.15) is 6.42 Å². The van der Waals surface area contributed by atoms with Crippen LogP contribution < -0.4 is 4.74 Å². The summed E-state index contributed by atoms with van der Waals surface area (Å²) in [7, 11) is -0.908. The van der Waals surface area contributed by atoms with Gasteiger partial charge < -0.3 is 9.84 Å². The molecule has 0 aliphatic carbocycles. The minimum absolute atomic E-state index is 0.00778. The number of ether oxygens (including phenoxy) is 1. The van der Waals surface area contributed by atoms with Crippen molar-refractivity contribution in [3.8, 4) is 5.75 Å². The van der Waals surface area contributed by atoms with Gasteiger partial charge in [0.15, 0.2) is 0 Å². The second-order valence-corrected chi connectivity index (χ2v) is 4.78. The highest BCUT2D eigenvalue weighted by Crippen LogP contribution is 2.08. The molecule has 84 valence electrons. The zero-order valence-corrected chi connectivity index (χ0v) is 9.41. The second kappa shape index (κ2) is 7.43. The molecule has 4 heteroatoms. The number of rotatable bonds is 7. The van der Waals surface area contributed by atoms with Gasteiger partial charge in [-0.3, -0.25) is 4.21 Å². The second-order valence-electron chi connectivity index (χ2n) is 3.09. The van der Waals surface area contributed by atoms with Gasteiger partial charge in [-0.2, -0.15) is 0 Å². The third-order valence-corrected chi connectivity index (χ3v) is 3.23. The van der Waals surface area contributed by atoms with Crippen LogP contribution in [0.3, 0.4) is 0 Å². The maximum atomic E-state index is 11.1. The molecule has 0 saturated heterocycles. The van der Waals surface area contributed by atoms with Crippen molar-refractivity contribution in [2.24, 2.45) is 0 Å². The van der Waals surface area contributed by atoms with Crippen LogP contribution in [0.15, 0.2) is 30.3 Å². The van der Waals surface area contributed by atoms with E-state index in [2.05, 4.69) is 0 Å². The molecule has 0 aliphatic heterocycles. The smallest absolute Gasteiger partial charge is 0.119 e. The van der Waals surface area contributed by atoms with Gasteiger partial charge in [-0.1, -0.05) is 18.2 Å². The maximum Gasteiger partial charge on any atom is 0.119 e. The number of benzene rings is 1. The predicted molar refractivity (Wildman–Crippen MR) is 61.5 cm³/mol. The highest BCUT2D eigenvalue weighted by molar-refractivity contribution is 7.84. The molecule has 0 aromatic heterocycles. The summed E-state index contributed by atoms with van der Waals surface area (Å²) >= 11 is 0. The van der Waals surface area contributed by atoms with Crippen molar-refractivity contribution in [3.05, 3.63) is 30.3 Å². The molecule has 0 spiro atoms. The normalized spacial score (nSPS) is 12.3. The standard InChI is InChI=1S/C11H16O3S/c12-7-10-15(13)9-4-8-14-11-5-2-1-3-6-11/h1-3,5-6,12H,4,7-10H2. The molecule has 1 rings (SSSR count). The summed E-state index contributed by atoms with van der Waals surface area (Å²) in [5, 5.41) is 8.55. The number of para-hydroxylation sites is 1. The van der Waals surface area contributed by atoms with E-state index in [0.29, 0.717) is 18.1 Å². The zero-order chi connectivity index (χ0) is 10.9. The van der Waals surface area contributed by atoms with Gasteiger partial charge in [0.1, 0.15) is 5.75 Å². The first-order chi connectivity index (χ1) is 7.33. The summed E-state index contributed by atoms with van der Waals surface area (Å²) in [4.78, 5) is 0. The molecular formula is C11H16O3S. The Kier molecular flexibility index (Phi) is 6.04. The largest absolute Gasteiger partial charge is 0.494 e. The summed E-state index contributed by atoms with van der Waals surface area (Å²) in [6.07, 6.45) is 0.751. The van der Waals surface area contributed by atoms with Crippen LogP contribution in [-0.2, 0) is 10.8 Å². The van der Waals surface area contributed by atoms with Crippen molar-refractivity contribution < 1.29 is 14.1 Å².